The van der Waals surface area contributed by atoms with Gasteiger partial charge in [0.1, 0.15) is 18.0 Å². The third kappa shape index (κ3) is 7.92. The van der Waals surface area contributed by atoms with E-state index < -0.39 is 20.0 Å². The fraction of sp³-hybridized carbons (Fsp3) is 0.351. The Kier molecular flexibility index (Phi) is 9.80. The lowest BCUT2D eigenvalue weighted by Crippen LogP contribution is -2.75. The molecule has 13 nitrogen and oxygen atoms in total. The van der Waals surface area contributed by atoms with Crippen LogP contribution < -0.4 is 4.52 Å². The number of aromatic nitrogens is 2. The lowest BCUT2D eigenvalue weighted by atomic mass is 9.97. The van der Waals surface area contributed by atoms with Crippen molar-refractivity contribution in [2.24, 2.45) is 5.92 Å². The van der Waals surface area contributed by atoms with Crippen molar-refractivity contribution in [2.45, 2.75) is 57.4 Å². The van der Waals surface area contributed by atoms with Crippen LogP contribution in [0, 0.1) is 5.92 Å². The van der Waals surface area contributed by atoms with E-state index in [2.05, 4.69) is 6.58 Å². The molecule has 1 aliphatic carbocycles. The fourth-order valence-electron chi connectivity index (χ4n) is 7.11. The normalized spacial score (nSPS) is 19.8. The van der Waals surface area contributed by atoms with Gasteiger partial charge in [0.2, 0.25) is 17.7 Å². The first-order chi connectivity index (χ1) is 24.6. The number of nitrogens with zero attached hydrogens (tertiary/aromatic N) is 6. The number of carbonyl (C=O) groups excluding carboxylic acids is 3. The number of hydrogen-bond donors (Lipinski definition) is 2. The van der Waals surface area contributed by atoms with Crippen LogP contribution in [0.15, 0.2) is 91.6 Å². The van der Waals surface area contributed by atoms with Gasteiger partial charge in [0.25, 0.3) is 0 Å². The van der Waals surface area contributed by atoms with Crippen LogP contribution in [-0.4, -0.2) is 88.9 Å². The molecule has 3 fully saturated rings. The average molecular weight is 713 g/mol. The van der Waals surface area contributed by atoms with E-state index in [1.165, 1.54) is 25.0 Å². The van der Waals surface area contributed by atoms with Crippen molar-refractivity contribution in [2.75, 3.05) is 19.6 Å². The minimum Gasteiger partial charge on any atom is -0.404 e. The van der Waals surface area contributed by atoms with Gasteiger partial charge in [0.05, 0.1) is 18.6 Å². The highest BCUT2D eigenvalue weighted by Crippen LogP contribution is 2.38. The Labute approximate surface area is 295 Å². The Morgan fingerprint density at radius 2 is 1.76 bits per heavy atom. The molecule has 14 heteroatoms. The summed E-state index contributed by atoms with van der Waals surface area (Å²) >= 11 is 0. The smallest absolute Gasteiger partial charge is 0.404 e. The van der Waals surface area contributed by atoms with Crippen molar-refractivity contribution in [3.05, 3.63) is 108 Å². The maximum absolute atomic E-state index is 14.5. The van der Waals surface area contributed by atoms with E-state index in [0.717, 1.165) is 28.6 Å². The van der Waals surface area contributed by atoms with Gasteiger partial charge in [-0.05, 0) is 54.0 Å². The number of hydrazine groups is 1. The number of phosphoric ester groups is 1. The van der Waals surface area contributed by atoms with Gasteiger partial charge in [-0.1, -0.05) is 66.7 Å². The number of benzene rings is 3. The van der Waals surface area contributed by atoms with E-state index in [-0.39, 0.29) is 62.5 Å². The standard InChI is InChI=1S/C37H41N6O7P/c1-2-19-41-25-35(45)42-32(20-27-13-16-31(17-14-27)50-51(47,48)49)37(46)39(24-33(42)43(41)34(44)18-15-26-7-4-3-5-8-26)22-29-9-6-10-30-23-40(38-36(29)30)21-28-11-12-28/h2-10,13-14,16-17,23,28,32-33H,1,11-12,15,18-22,24-25H2,(H2,47,48,49)/t32-,33-/m0/s1. The van der Waals surface area contributed by atoms with Crippen molar-refractivity contribution in [3.63, 3.8) is 0 Å². The summed E-state index contributed by atoms with van der Waals surface area (Å²) in [5.41, 5.74) is 3.35. The number of amides is 3. The molecule has 2 atom stereocenters. The van der Waals surface area contributed by atoms with Crippen molar-refractivity contribution in [1.29, 1.82) is 0 Å². The first kappa shape index (κ1) is 34.6. The highest BCUT2D eigenvalue weighted by atomic mass is 31.2. The second-order valence-corrected chi connectivity index (χ2v) is 14.6. The van der Waals surface area contributed by atoms with Gasteiger partial charge >= 0.3 is 7.82 Å². The average Bonchev–Trinajstić information content (AvgIpc) is 3.81. The highest BCUT2D eigenvalue weighted by molar-refractivity contribution is 7.46. The van der Waals surface area contributed by atoms with Crippen LogP contribution in [0.3, 0.4) is 0 Å². The quantitative estimate of drug-likeness (QED) is 0.156. The molecule has 0 bridgehead atoms. The summed E-state index contributed by atoms with van der Waals surface area (Å²) in [5, 5.41) is 9.23. The third-order valence-electron chi connectivity index (χ3n) is 9.64. The molecule has 2 aliphatic heterocycles. The van der Waals surface area contributed by atoms with Gasteiger partial charge < -0.3 is 14.3 Å². The van der Waals surface area contributed by atoms with Crippen LogP contribution in [0.5, 0.6) is 5.75 Å². The maximum Gasteiger partial charge on any atom is 0.524 e. The number of aryl methyl sites for hydroxylation is 1. The molecule has 3 amide bonds. The molecule has 0 radical (unpaired) electrons. The Balaban J connectivity index is 1.22. The van der Waals surface area contributed by atoms with Gasteiger partial charge in [-0.2, -0.15) is 5.10 Å². The first-order valence-electron chi connectivity index (χ1n) is 17.2. The van der Waals surface area contributed by atoms with Crippen LogP contribution >= 0.6 is 7.82 Å². The van der Waals surface area contributed by atoms with Gasteiger partial charge in [-0.3, -0.25) is 28.9 Å². The SMILES string of the molecule is C=CCN1CC(=O)N2[C@@H](Cc3ccc(OP(=O)(O)O)cc3)C(=O)N(Cc3cccc4cn(CC5CC5)nc34)C[C@@H]2N1C(=O)CCc1ccccc1. The predicted octanol–water partition coefficient (Wildman–Crippen LogP) is 3.90. The van der Waals surface area contributed by atoms with Crippen LogP contribution in [0.25, 0.3) is 10.9 Å². The van der Waals surface area contributed by atoms with Crippen LogP contribution in [0.1, 0.15) is 36.0 Å². The summed E-state index contributed by atoms with van der Waals surface area (Å²) in [6.07, 6.45) is 6.15. The van der Waals surface area contributed by atoms with E-state index in [1.807, 2.05) is 59.4 Å². The molecule has 0 unspecified atom stereocenters. The fourth-order valence-corrected chi connectivity index (χ4v) is 7.50. The number of carbonyl (C=O) groups is 3. The topological polar surface area (TPSA) is 149 Å². The predicted molar refractivity (Wildman–Crippen MR) is 188 cm³/mol. The summed E-state index contributed by atoms with van der Waals surface area (Å²) in [6.45, 7) is 5.22. The number of piperazine rings is 1. The third-order valence-corrected chi connectivity index (χ3v) is 10.1. The zero-order valence-corrected chi connectivity index (χ0v) is 29.1. The summed E-state index contributed by atoms with van der Waals surface area (Å²) in [4.78, 5) is 64.4. The molecule has 4 aromatic rings. The van der Waals surface area contributed by atoms with E-state index in [9.17, 15) is 28.7 Å². The molecule has 3 heterocycles. The highest BCUT2D eigenvalue weighted by Gasteiger charge is 2.51. The van der Waals surface area contributed by atoms with Crippen molar-refractivity contribution >= 4 is 36.4 Å². The Morgan fingerprint density at radius 3 is 2.47 bits per heavy atom. The van der Waals surface area contributed by atoms with E-state index in [0.29, 0.717) is 17.9 Å². The molecule has 3 aromatic carbocycles. The monoisotopic (exact) mass is 712 g/mol. The van der Waals surface area contributed by atoms with Crippen LogP contribution in [0.2, 0.25) is 0 Å². The summed E-state index contributed by atoms with van der Waals surface area (Å²) in [5.74, 6) is -0.104. The van der Waals surface area contributed by atoms with Crippen LogP contribution in [-0.2, 0) is 44.9 Å². The molecule has 266 valence electrons. The zero-order valence-electron chi connectivity index (χ0n) is 28.2. The largest absolute Gasteiger partial charge is 0.524 e. The number of hydrogen-bond acceptors (Lipinski definition) is 7. The summed E-state index contributed by atoms with van der Waals surface area (Å²) in [7, 11) is -4.76. The van der Waals surface area contributed by atoms with E-state index in [4.69, 9.17) is 9.62 Å². The van der Waals surface area contributed by atoms with E-state index in [1.54, 1.807) is 38.0 Å². The van der Waals surface area contributed by atoms with Crippen molar-refractivity contribution in [1.82, 2.24) is 29.6 Å². The maximum atomic E-state index is 14.5. The number of phosphoric acid groups is 1. The molecule has 1 saturated carbocycles. The van der Waals surface area contributed by atoms with E-state index >= 15 is 0 Å². The molecule has 2 N–H and O–H groups in total. The Hall–Kier alpha value is -4.81. The number of rotatable bonds is 13. The summed E-state index contributed by atoms with van der Waals surface area (Å²) in [6, 6.07) is 20.8. The minimum atomic E-state index is -4.76. The van der Waals surface area contributed by atoms with Crippen molar-refractivity contribution < 1.29 is 33.3 Å². The molecular formula is C37H41N6O7P. The second-order valence-electron chi connectivity index (χ2n) is 13.5. The molecule has 3 aliphatic rings. The Morgan fingerprint density at radius 1 is 1.00 bits per heavy atom. The Bertz CT molecular complexity index is 1980. The second kappa shape index (κ2) is 14.4. The molecule has 7 rings (SSSR count). The molecule has 1 aromatic heterocycles. The van der Waals surface area contributed by atoms with Gasteiger partial charge in [0, 0.05) is 44.1 Å². The minimum absolute atomic E-state index is 0.0277. The van der Waals surface area contributed by atoms with Gasteiger partial charge in [0.15, 0.2) is 0 Å². The van der Waals surface area contributed by atoms with Crippen LogP contribution in [0.4, 0.5) is 0 Å². The molecular weight excluding hydrogens is 671 g/mol. The van der Waals surface area contributed by atoms with Gasteiger partial charge in [-0.25, -0.2) is 14.6 Å². The lowest BCUT2D eigenvalue weighted by molar-refractivity contribution is -0.205. The number of fused-ring (bicyclic) bond motifs is 2. The molecule has 0 spiro atoms. The van der Waals surface area contributed by atoms with Gasteiger partial charge in [-0.15, -0.1) is 6.58 Å². The summed E-state index contributed by atoms with van der Waals surface area (Å²) < 4.78 is 18.1. The first-order valence-corrected chi connectivity index (χ1v) is 18.7. The lowest BCUT2D eigenvalue weighted by Gasteiger charge is -2.55. The molecule has 2 saturated heterocycles. The van der Waals surface area contributed by atoms with Crippen molar-refractivity contribution in [3.8, 4) is 5.75 Å². The zero-order chi connectivity index (χ0) is 35.7. The molecule has 51 heavy (non-hydrogen) atoms.